The Bertz CT molecular complexity index is 407. The van der Waals surface area contributed by atoms with E-state index in [1.54, 1.807) is 0 Å². The van der Waals surface area contributed by atoms with Crippen LogP contribution < -0.4 is 4.90 Å². The van der Waals surface area contributed by atoms with Crippen molar-refractivity contribution in [3.05, 3.63) is 28.2 Å². The molecule has 0 spiro atoms. The van der Waals surface area contributed by atoms with Crippen LogP contribution in [-0.2, 0) is 0 Å². The predicted molar refractivity (Wildman–Crippen MR) is 71.6 cm³/mol. The van der Waals surface area contributed by atoms with Gasteiger partial charge < -0.3 is 4.90 Å². The van der Waals surface area contributed by atoms with Gasteiger partial charge in [-0.2, -0.15) is 5.26 Å². The number of hydrogen-bond acceptors (Lipinski definition) is 2. The minimum absolute atomic E-state index is 0.445. The van der Waals surface area contributed by atoms with Gasteiger partial charge in [-0.25, -0.2) is 0 Å². The highest BCUT2D eigenvalue weighted by atomic mass is 79.9. The fourth-order valence-corrected chi connectivity index (χ4v) is 2.01. The second-order valence-corrected chi connectivity index (χ2v) is 5.32. The van der Waals surface area contributed by atoms with Gasteiger partial charge in [-0.15, -0.1) is 0 Å². The number of rotatable bonds is 3. The Balaban J connectivity index is 3.04. The highest BCUT2D eigenvalue weighted by Crippen LogP contribution is 2.24. The zero-order valence-electron chi connectivity index (χ0n) is 10.2. The second-order valence-electron chi connectivity index (χ2n) is 4.41. The van der Waals surface area contributed by atoms with Gasteiger partial charge in [0, 0.05) is 23.2 Å². The summed E-state index contributed by atoms with van der Waals surface area (Å²) < 4.78 is 0.948. The third-order valence-corrected chi connectivity index (χ3v) is 3.45. The SMILES string of the molecule is CC(C)C(C)N(C)c1cc(Br)cc(C#N)c1. The highest BCUT2D eigenvalue weighted by molar-refractivity contribution is 9.10. The lowest BCUT2D eigenvalue weighted by molar-refractivity contribution is 0.505. The van der Waals surface area contributed by atoms with Crippen LogP contribution in [-0.4, -0.2) is 13.1 Å². The molecular formula is C13H17BrN2. The molecule has 0 aliphatic carbocycles. The van der Waals surface area contributed by atoms with Crippen molar-refractivity contribution in [1.82, 2.24) is 0 Å². The number of nitriles is 1. The van der Waals surface area contributed by atoms with Crippen molar-refractivity contribution in [3.63, 3.8) is 0 Å². The van der Waals surface area contributed by atoms with Gasteiger partial charge in [-0.1, -0.05) is 29.8 Å². The van der Waals surface area contributed by atoms with Gasteiger partial charge in [-0.3, -0.25) is 0 Å². The van der Waals surface area contributed by atoms with E-state index in [9.17, 15) is 0 Å². The molecule has 0 heterocycles. The van der Waals surface area contributed by atoms with E-state index in [0.29, 0.717) is 17.5 Å². The van der Waals surface area contributed by atoms with Crippen LogP contribution in [0.4, 0.5) is 5.69 Å². The molecule has 1 unspecified atom stereocenters. The molecule has 0 N–H and O–H groups in total. The van der Waals surface area contributed by atoms with E-state index in [2.05, 4.69) is 54.7 Å². The molecule has 86 valence electrons. The first-order valence-corrected chi connectivity index (χ1v) is 6.18. The summed E-state index contributed by atoms with van der Waals surface area (Å²) in [6.07, 6.45) is 0. The predicted octanol–water partition coefficient (Wildman–Crippen LogP) is 3.80. The fourth-order valence-electron chi connectivity index (χ4n) is 1.52. The largest absolute Gasteiger partial charge is 0.372 e. The molecule has 0 fully saturated rings. The number of hydrogen-bond donors (Lipinski definition) is 0. The molecule has 0 amide bonds. The lowest BCUT2D eigenvalue weighted by Gasteiger charge is -2.30. The summed E-state index contributed by atoms with van der Waals surface area (Å²) in [7, 11) is 2.06. The lowest BCUT2D eigenvalue weighted by atomic mass is 10.0. The Morgan fingerprint density at radius 3 is 2.38 bits per heavy atom. The van der Waals surface area contributed by atoms with Crippen LogP contribution in [0.2, 0.25) is 0 Å². The molecule has 0 aliphatic heterocycles. The van der Waals surface area contributed by atoms with Crippen molar-refractivity contribution in [2.75, 3.05) is 11.9 Å². The maximum atomic E-state index is 8.93. The van der Waals surface area contributed by atoms with Crippen LogP contribution in [0.25, 0.3) is 0 Å². The van der Waals surface area contributed by atoms with Crippen LogP contribution in [0.5, 0.6) is 0 Å². The highest BCUT2D eigenvalue weighted by Gasteiger charge is 2.14. The molecule has 16 heavy (non-hydrogen) atoms. The van der Waals surface area contributed by atoms with E-state index in [1.165, 1.54) is 0 Å². The summed E-state index contributed by atoms with van der Waals surface area (Å²) in [6, 6.07) is 8.41. The zero-order valence-corrected chi connectivity index (χ0v) is 11.7. The van der Waals surface area contributed by atoms with Gasteiger partial charge in [0.25, 0.3) is 0 Å². The molecule has 3 heteroatoms. The standard InChI is InChI=1S/C13H17BrN2/c1-9(2)10(3)16(4)13-6-11(8-15)5-12(14)7-13/h5-7,9-10H,1-4H3. The normalized spacial score (nSPS) is 12.3. The smallest absolute Gasteiger partial charge is 0.0992 e. The van der Waals surface area contributed by atoms with Gasteiger partial charge in [-0.05, 0) is 31.0 Å². The monoisotopic (exact) mass is 280 g/mol. The maximum Gasteiger partial charge on any atom is 0.0992 e. The quantitative estimate of drug-likeness (QED) is 0.842. The van der Waals surface area contributed by atoms with Crippen molar-refractivity contribution in [2.24, 2.45) is 5.92 Å². The zero-order chi connectivity index (χ0) is 12.3. The van der Waals surface area contributed by atoms with E-state index in [4.69, 9.17) is 5.26 Å². The van der Waals surface area contributed by atoms with Crippen LogP contribution in [0.15, 0.2) is 22.7 Å². The van der Waals surface area contributed by atoms with E-state index < -0.39 is 0 Å². The van der Waals surface area contributed by atoms with Gasteiger partial charge in [0.05, 0.1) is 11.6 Å². The molecule has 0 aromatic heterocycles. The van der Waals surface area contributed by atoms with Crippen LogP contribution in [0.1, 0.15) is 26.3 Å². The molecule has 2 nitrogen and oxygen atoms in total. The van der Waals surface area contributed by atoms with Gasteiger partial charge in [0.15, 0.2) is 0 Å². The molecule has 1 aromatic carbocycles. The van der Waals surface area contributed by atoms with Crippen molar-refractivity contribution < 1.29 is 0 Å². The second kappa shape index (κ2) is 5.36. The third kappa shape index (κ3) is 2.99. The first-order chi connectivity index (χ1) is 7.45. The van der Waals surface area contributed by atoms with Crippen molar-refractivity contribution in [1.29, 1.82) is 5.26 Å². The molecule has 0 aliphatic rings. The molecule has 0 saturated heterocycles. The Hall–Kier alpha value is -1.01. The topological polar surface area (TPSA) is 27.0 Å². The van der Waals surface area contributed by atoms with Gasteiger partial charge >= 0.3 is 0 Å². The molecule has 0 bridgehead atoms. The summed E-state index contributed by atoms with van der Waals surface area (Å²) in [4.78, 5) is 2.20. The van der Waals surface area contributed by atoms with E-state index in [-0.39, 0.29) is 0 Å². The van der Waals surface area contributed by atoms with E-state index in [1.807, 2.05) is 18.2 Å². The summed E-state index contributed by atoms with van der Waals surface area (Å²) >= 11 is 3.43. The minimum Gasteiger partial charge on any atom is -0.372 e. The number of benzene rings is 1. The van der Waals surface area contributed by atoms with Gasteiger partial charge in [0.2, 0.25) is 0 Å². The Morgan fingerprint density at radius 2 is 1.88 bits per heavy atom. The van der Waals surface area contributed by atoms with Crippen molar-refractivity contribution in [2.45, 2.75) is 26.8 Å². The van der Waals surface area contributed by atoms with E-state index in [0.717, 1.165) is 10.2 Å². The van der Waals surface area contributed by atoms with Gasteiger partial charge in [0.1, 0.15) is 0 Å². The number of anilines is 1. The van der Waals surface area contributed by atoms with Crippen LogP contribution in [0, 0.1) is 17.2 Å². The fraction of sp³-hybridized carbons (Fsp3) is 0.462. The molecule has 1 rings (SSSR count). The average molecular weight is 281 g/mol. The van der Waals surface area contributed by atoms with Crippen LogP contribution >= 0.6 is 15.9 Å². The first kappa shape index (κ1) is 13.1. The molecule has 1 atom stereocenters. The number of nitrogens with zero attached hydrogens (tertiary/aromatic N) is 2. The summed E-state index contributed by atoms with van der Waals surface area (Å²) in [5, 5.41) is 8.93. The Morgan fingerprint density at radius 1 is 1.25 bits per heavy atom. The Labute approximate surface area is 106 Å². The summed E-state index contributed by atoms with van der Waals surface area (Å²) in [5.41, 5.74) is 1.76. The van der Waals surface area contributed by atoms with Crippen LogP contribution in [0.3, 0.4) is 0 Å². The molecule has 0 radical (unpaired) electrons. The summed E-state index contributed by atoms with van der Waals surface area (Å²) in [6.45, 7) is 6.59. The summed E-state index contributed by atoms with van der Waals surface area (Å²) in [5.74, 6) is 0.578. The average Bonchev–Trinajstić information content (AvgIpc) is 2.25. The first-order valence-electron chi connectivity index (χ1n) is 5.39. The third-order valence-electron chi connectivity index (χ3n) is 2.99. The molecular weight excluding hydrogens is 264 g/mol. The Kier molecular flexibility index (Phi) is 4.37. The molecule has 0 saturated carbocycles. The maximum absolute atomic E-state index is 8.93. The lowest BCUT2D eigenvalue weighted by Crippen LogP contribution is -2.33. The van der Waals surface area contributed by atoms with E-state index >= 15 is 0 Å². The minimum atomic E-state index is 0.445. The molecule has 1 aromatic rings. The van der Waals surface area contributed by atoms with Crippen molar-refractivity contribution >= 4 is 21.6 Å². The van der Waals surface area contributed by atoms with Crippen molar-refractivity contribution in [3.8, 4) is 6.07 Å². The number of halogens is 1.